The second kappa shape index (κ2) is 6.85. The topological polar surface area (TPSA) is 54.2 Å². The van der Waals surface area contributed by atoms with Crippen LogP contribution in [0, 0.1) is 0 Å². The summed E-state index contributed by atoms with van der Waals surface area (Å²) in [6.07, 6.45) is 1.73. The highest BCUT2D eigenvalue weighted by molar-refractivity contribution is 9.10. The smallest absolute Gasteiger partial charge is 0.0743 e. The lowest BCUT2D eigenvalue weighted by Crippen LogP contribution is -2.36. The number of hydrogen-bond donors (Lipinski definition) is 2. The third-order valence-electron chi connectivity index (χ3n) is 3.69. The Balaban J connectivity index is 1.73. The van der Waals surface area contributed by atoms with Crippen LogP contribution in [0.2, 0.25) is 0 Å². The van der Waals surface area contributed by atoms with Crippen LogP contribution in [0.1, 0.15) is 0 Å². The van der Waals surface area contributed by atoms with Gasteiger partial charge in [-0.3, -0.25) is 9.88 Å². The van der Waals surface area contributed by atoms with Crippen LogP contribution >= 0.6 is 27.7 Å². The van der Waals surface area contributed by atoms with E-state index in [1.807, 2.05) is 23.9 Å². The molecule has 0 amide bonds. The first-order valence-electron chi connectivity index (χ1n) is 7.12. The minimum Gasteiger partial charge on any atom is -0.396 e. The summed E-state index contributed by atoms with van der Waals surface area (Å²) in [5.74, 6) is 2.49. The van der Waals surface area contributed by atoms with E-state index in [-0.39, 0.29) is 0 Å². The number of benzene rings is 1. The van der Waals surface area contributed by atoms with Gasteiger partial charge in [-0.2, -0.15) is 11.8 Å². The molecule has 0 saturated carbocycles. The second-order valence-electron chi connectivity index (χ2n) is 5.13. The maximum atomic E-state index is 6.10. The van der Waals surface area contributed by atoms with Crippen molar-refractivity contribution in [2.75, 3.05) is 48.7 Å². The van der Waals surface area contributed by atoms with Crippen molar-refractivity contribution in [1.29, 1.82) is 0 Å². The number of thioether (sulfide) groups is 1. The van der Waals surface area contributed by atoms with Gasteiger partial charge in [0.25, 0.3) is 0 Å². The van der Waals surface area contributed by atoms with Crippen molar-refractivity contribution in [3.63, 3.8) is 0 Å². The summed E-state index contributed by atoms with van der Waals surface area (Å²) in [5, 5.41) is 4.56. The zero-order valence-corrected chi connectivity index (χ0v) is 14.2. The predicted octanol–water partition coefficient (Wildman–Crippen LogP) is 3.04. The molecule has 0 spiro atoms. The highest BCUT2D eigenvalue weighted by Gasteiger charge is 2.11. The number of nitrogens with two attached hydrogens (primary N) is 1. The molecular formula is C15H19BrN4S. The number of nitrogen functional groups attached to an aromatic ring is 1. The van der Waals surface area contributed by atoms with E-state index in [1.165, 1.54) is 24.6 Å². The Morgan fingerprint density at radius 3 is 2.95 bits per heavy atom. The number of halogens is 1. The van der Waals surface area contributed by atoms with Crippen LogP contribution in [0.25, 0.3) is 10.9 Å². The second-order valence-corrected chi connectivity index (χ2v) is 7.27. The van der Waals surface area contributed by atoms with Crippen molar-refractivity contribution < 1.29 is 0 Å². The van der Waals surface area contributed by atoms with Crippen molar-refractivity contribution in [3.8, 4) is 0 Å². The van der Waals surface area contributed by atoms with E-state index in [9.17, 15) is 0 Å². The molecule has 112 valence electrons. The van der Waals surface area contributed by atoms with E-state index in [1.54, 1.807) is 6.20 Å². The number of fused-ring (bicyclic) bond motifs is 1. The van der Waals surface area contributed by atoms with Crippen LogP contribution in [0.5, 0.6) is 0 Å². The summed E-state index contributed by atoms with van der Waals surface area (Å²) < 4.78 is 1.04. The molecule has 1 aromatic heterocycles. The normalized spacial score (nSPS) is 16.2. The Labute approximate surface area is 137 Å². The first-order valence-corrected chi connectivity index (χ1v) is 9.06. The first kappa shape index (κ1) is 14.9. The van der Waals surface area contributed by atoms with E-state index < -0.39 is 0 Å². The number of nitrogens with one attached hydrogen (secondary N) is 1. The van der Waals surface area contributed by atoms with E-state index >= 15 is 0 Å². The molecule has 2 heterocycles. The molecule has 1 aliphatic heterocycles. The Morgan fingerprint density at radius 1 is 1.33 bits per heavy atom. The van der Waals surface area contributed by atoms with Crippen molar-refractivity contribution in [2.24, 2.45) is 0 Å². The largest absolute Gasteiger partial charge is 0.396 e. The number of nitrogens with zero attached hydrogens (tertiary/aromatic N) is 2. The molecule has 0 unspecified atom stereocenters. The average molecular weight is 367 g/mol. The van der Waals surface area contributed by atoms with Crippen LogP contribution in [-0.2, 0) is 0 Å². The lowest BCUT2D eigenvalue weighted by molar-refractivity contribution is 0.314. The molecule has 0 bridgehead atoms. The molecule has 21 heavy (non-hydrogen) atoms. The summed E-state index contributed by atoms with van der Waals surface area (Å²) >= 11 is 5.55. The standard InChI is InChI=1S/C15H19BrN4S/c16-11-1-2-14-12(9-11)15(13(17)10-19-14)18-3-4-20-5-7-21-8-6-20/h1-2,9-10H,3-8,17H2,(H,18,19). The average Bonchev–Trinajstić information content (AvgIpc) is 2.50. The van der Waals surface area contributed by atoms with E-state index in [0.29, 0.717) is 5.69 Å². The maximum absolute atomic E-state index is 6.10. The van der Waals surface area contributed by atoms with Gasteiger partial charge in [0.2, 0.25) is 0 Å². The Kier molecular flexibility index (Phi) is 4.87. The van der Waals surface area contributed by atoms with Gasteiger partial charge in [-0.1, -0.05) is 15.9 Å². The minimum atomic E-state index is 0.704. The van der Waals surface area contributed by atoms with Crippen LogP contribution in [0.4, 0.5) is 11.4 Å². The lowest BCUT2D eigenvalue weighted by Gasteiger charge is -2.26. The van der Waals surface area contributed by atoms with E-state index in [4.69, 9.17) is 5.73 Å². The van der Waals surface area contributed by atoms with Crippen molar-refractivity contribution >= 4 is 50.0 Å². The molecule has 3 N–H and O–H groups in total. The van der Waals surface area contributed by atoms with Gasteiger partial charge < -0.3 is 11.1 Å². The Bertz CT molecular complexity index is 623. The van der Waals surface area contributed by atoms with Gasteiger partial charge in [0.1, 0.15) is 0 Å². The van der Waals surface area contributed by atoms with Gasteiger partial charge in [0.15, 0.2) is 0 Å². The molecule has 1 fully saturated rings. The van der Waals surface area contributed by atoms with Gasteiger partial charge >= 0.3 is 0 Å². The molecule has 6 heteroatoms. The first-order chi connectivity index (χ1) is 10.2. The fraction of sp³-hybridized carbons (Fsp3) is 0.400. The van der Waals surface area contributed by atoms with Gasteiger partial charge in [-0.25, -0.2) is 0 Å². The van der Waals surface area contributed by atoms with Crippen molar-refractivity contribution in [2.45, 2.75) is 0 Å². The monoisotopic (exact) mass is 366 g/mol. The van der Waals surface area contributed by atoms with Gasteiger partial charge in [-0.05, 0) is 18.2 Å². The molecule has 4 nitrogen and oxygen atoms in total. The Morgan fingerprint density at radius 2 is 2.14 bits per heavy atom. The summed E-state index contributed by atoms with van der Waals surface area (Å²) in [6.45, 7) is 4.33. The van der Waals surface area contributed by atoms with Crippen LogP contribution in [0.3, 0.4) is 0 Å². The molecule has 2 aromatic rings. The highest BCUT2D eigenvalue weighted by atomic mass is 79.9. The molecular weight excluding hydrogens is 348 g/mol. The van der Waals surface area contributed by atoms with Gasteiger partial charge in [0.05, 0.1) is 23.1 Å². The molecule has 0 radical (unpaired) electrons. The minimum absolute atomic E-state index is 0.704. The lowest BCUT2D eigenvalue weighted by atomic mass is 10.1. The van der Waals surface area contributed by atoms with Crippen LogP contribution < -0.4 is 11.1 Å². The summed E-state index contributed by atoms with van der Waals surface area (Å²) in [4.78, 5) is 6.88. The van der Waals surface area contributed by atoms with Crippen molar-refractivity contribution in [3.05, 3.63) is 28.9 Å². The van der Waals surface area contributed by atoms with Crippen LogP contribution in [-0.4, -0.2) is 47.6 Å². The third kappa shape index (κ3) is 3.62. The number of rotatable bonds is 4. The quantitative estimate of drug-likeness (QED) is 0.870. The van der Waals surface area contributed by atoms with Crippen molar-refractivity contribution in [1.82, 2.24) is 9.88 Å². The number of aromatic nitrogens is 1. The summed E-state index contributed by atoms with van der Waals surface area (Å²) in [6, 6.07) is 6.07. The zero-order chi connectivity index (χ0) is 14.7. The fourth-order valence-corrected chi connectivity index (χ4v) is 3.88. The van der Waals surface area contributed by atoms with Gasteiger partial charge in [-0.15, -0.1) is 0 Å². The molecule has 1 aliphatic rings. The zero-order valence-electron chi connectivity index (χ0n) is 11.8. The fourth-order valence-electron chi connectivity index (χ4n) is 2.54. The number of pyridine rings is 1. The third-order valence-corrected chi connectivity index (χ3v) is 5.13. The molecule has 1 saturated heterocycles. The molecule has 1 aromatic carbocycles. The summed E-state index contributed by atoms with van der Waals surface area (Å²) in [7, 11) is 0. The Hall–Kier alpha value is -0.980. The molecule has 3 rings (SSSR count). The highest BCUT2D eigenvalue weighted by Crippen LogP contribution is 2.29. The maximum Gasteiger partial charge on any atom is 0.0743 e. The van der Waals surface area contributed by atoms with Crippen LogP contribution in [0.15, 0.2) is 28.9 Å². The molecule has 0 atom stereocenters. The van der Waals surface area contributed by atoms with E-state index in [0.717, 1.165) is 34.2 Å². The number of hydrogen-bond acceptors (Lipinski definition) is 5. The van der Waals surface area contributed by atoms with Gasteiger partial charge in [0, 0.05) is 47.5 Å². The predicted molar refractivity (Wildman–Crippen MR) is 96.1 cm³/mol. The van der Waals surface area contributed by atoms with E-state index in [2.05, 4.69) is 37.2 Å². The SMILES string of the molecule is Nc1cnc2ccc(Br)cc2c1NCCN1CCSCC1. The summed E-state index contributed by atoms with van der Waals surface area (Å²) in [5.41, 5.74) is 8.76. The number of anilines is 2. The molecule has 0 aliphatic carbocycles.